The summed E-state index contributed by atoms with van der Waals surface area (Å²) in [6.07, 6.45) is 2.28. The lowest BCUT2D eigenvalue weighted by Crippen LogP contribution is -2.51. The molecule has 2 N–H and O–H groups in total. The average molecular weight is 448 g/mol. The standard InChI is InChI=1S/C14H14BrN3O5S2/c15-11-5-6-12(24-11)25(21,22)18-7-1-3-9(18)13(19)16-17-14(20)10-4-2-8-23-10/h2,4-6,8-9H,1,3,7H2,(H,16,19)(H,17,20)/t9-/m1/s1. The van der Waals surface area contributed by atoms with Gasteiger partial charge in [-0.15, -0.1) is 11.3 Å². The van der Waals surface area contributed by atoms with Gasteiger partial charge < -0.3 is 4.42 Å². The highest BCUT2D eigenvalue weighted by molar-refractivity contribution is 9.11. The summed E-state index contributed by atoms with van der Waals surface area (Å²) in [5.41, 5.74) is 4.48. The van der Waals surface area contributed by atoms with Crippen LogP contribution in [0.5, 0.6) is 0 Å². The van der Waals surface area contributed by atoms with Gasteiger partial charge in [0.2, 0.25) is 0 Å². The van der Waals surface area contributed by atoms with Gasteiger partial charge in [0.05, 0.1) is 10.0 Å². The van der Waals surface area contributed by atoms with Gasteiger partial charge in [-0.2, -0.15) is 4.31 Å². The molecule has 1 fully saturated rings. The summed E-state index contributed by atoms with van der Waals surface area (Å²) >= 11 is 4.32. The molecule has 0 aliphatic carbocycles. The minimum Gasteiger partial charge on any atom is -0.459 e. The first-order valence-electron chi connectivity index (χ1n) is 7.30. The first-order chi connectivity index (χ1) is 11.9. The number of sulfonamides is 1. The molecule has 0 unspecified atom stereocenters. The number of nitrogens with zero attached hydrogens (tertiary/aromatic N) is 1. The topological polar surface area (TPSA) is 109 Å². The lowest BCUT2D eigenvalue weighted by Gasteiger charge is -2.22. The van der Waals surface area contributed by atoms with Crippen LogP contribution >= 0.6 is 27.3 Å². The van der Waals surface area contributed by atoms with Gasteiger partial charge in [-0.25, -0.2) is 8.42 Å². The van der Waals surface area contributed by atoms with Gasteiger partial charge in [-0.05, 0) is 53.0 Å². The Bertz CT molecular complexity index is 878. The van der Waals surface area contributed by atoms with Crippen LogP contribution in [0, 0.1) is 0 Å². The zero-order valence-corrected chi connectivity index (χ0v) is 16.0. The van der Waals surface area contributed by atoms with Gasteiger partial charge in [0.1, 0.15) is 10.3 Å². The van der Waals surface area contributed by atoms with Crippen molar-refractivity contribution in [3.63, 3.8) is 0 Å². The van der Waals surface area contributed by atoms with E-state index in [2.05, 4.69) is 26.8 Å². The van der Waals surface area contributed by atoms with Crippen LogP contribution in [0.1, 0.15) is 23.4 Å². The zero-order valence-electron chi connectivity index (χ0n) is 12.8. The number of furan rings is 1. The van der Waals surface area contributed by atoms with Crippen LogP contribution in [0.3, 0.4) is 0 Å². The third-order valence-corrected chi connectivity index (χ3v) is 7.66. The van der Waals surface area contributed by atoms with E-state index in [4.69, 9.17) is 4.42 Å². The highest BCUT2D eigenvalue weighted by Crippen LogP contribution is 2.32. The number of amides is 2. The van der Waals surface area contributed by atoms with E-state index < -0.39 is 27.9 Å². The summed E-state index contributed by atoms with van der Waals surface area (Å²) in [5.74, 6) is -1.16. The molecule has 134 valence electrons. The molecular formula is C14H14BrN3O5S2. The van der Waals surface area contributed by atoms with Crippen LogP contribution in [0.25, 0.3) is 0 Å². The van der Waals surface area contributed by atoms with Gasteiger partial charge in [-0.3, -0.25) is 20.4 Å². The van der Waals surface area contributed by atoms with E-state index in [1.54, 1.807) is 12.1 Å². The Labute approximate surface area is 156 Å². The maximum absolute atomic E-state index is 12.7. The fourth-order valence-electron chi connectivity index (χ4n) is 2.51. The van der Waals surface area contributed by atoms with Gasteiger partial charge in [0.15, 0.2) is 5.76 Å². The number of hydrogen-bond donors (Lipinski definition) is 2. The molecule has 11 heteroatoms. The number of halogens is 1. The molecule has 2 aromatic rings. The van der Waals surface area contributed by atoms with E-state index in [0.29, 0.717) is 16.6 Å². The number of carbonyl (C=O) groups excluding carboxylic acids is 2. The lowest BCUT2D eigenvalue weighted by molar-refractivity contribution is -0.125. The lowest BCUT2D eigenvalue weighted by atomic mass is 10.2. The molecule has 1 aliphatic heterocycles. The summed E-state index contributed by atoms with van der Waals surface area (Å²) in [6.45, 7) is 0.252. The summed E-state index contributed by atoms with van der Waals surface area (Å²) < 4.78 is 32.4. The number of hydrogen-bond acceptors (Lipinski definition) is 6. The smallest absolute Gasteiger partial charge is 0.305 e. The number of rotatable bonds is 4. The molecular weight excluding hydrogens is 434 g/mol. The van der Waals surface area contributed by atoms with Gasteiger partial charge >= 0.3 is 5.91 Å². The monoisotopic (exact) mass is 447 g/mol. The Kier molecular flexibility index (Phi) is 5.27. The zero-order chi connectivity index (χ0) is 18.0. The van der Waals surface area contributed by atoms with E-state index in [0.717, 1.165) is 11.3 Å². The first kappa shape index (κ1) is 18.1. The molecule has 0 radical (unpaired) electrons. The van der Waals surface area contributed by atoms with Crippen LogP contribution in [-0.2, 0) is 14.8 Å². The molecule has 3 heterocycles. The second-order valence-corrected chi connectivity index (χ2v) is 9.83. The van der Waals surface area contributed by atoms with Crippen molar-refractivity contribution in [3.8, 4) is 0 Å². The minimum absolute atomic E-state index is 0.0413. The summed E-state index contributed by atoms with van der Waals surface area (Å²) in [4.78, 5) is 24.1. The third-order valence-electron chi connectivity index (χ3n) is 3.66. The second-order valence-electron chi connectivity index (χ2n) is 5.25. The van der Waals surface area contributed by atoms with Crippen molar-refractivity contribution >= 4 is 49.1 Å². The molecule has 0 aromatic carbocycles. The minimum atomic E-state index is -3.76. The van der Waals surface area contributed by atoms with Crippen LogP contribution in [-0.4, -0.2) is 37.1 Å². The van der Waals surface area contributed by atoms with Crippen molar-refractivity contribution in [2.45, 2.75) is 23.1 Å². The van der Waals surface area contributed by atoms with Crippen molar-refractivity contribution in [1.29, 1.82) is 0 Å². The highest BCUT2D eigenvalue weighted by atomic mass is 79.9. The van der Waals surface area contributed by atoms with E-state index in [1.807, 2.05) is 0 Å². The fraction of sp³-hybridized carbons (Fsp3) is 0.286. The Morgan fingerprint density at radius 3 is 2.72 bits per heavy atom. The molecule has 0 bridgehead atoms. The summed E-state index contributed by atoms with van der Waals surface area (Å²) in [7, 11) is -3.76. The molecule has 3 rings (SSSR count). The van der Waals surface area contributed by atoms with Gasteiger partial charge in [0.25, 0.3) is 15.9 Å². The molecule has 2 amide bonds. The van der Waals surface area contributed by atoms with Crippen molar-refractivity contribution in [2.75, 3.05) is 6.54 Å². The van der Waals surface area contributed by atoms with Crippen molar-refractivity contribution in [2.24, 2.45) is 0 Å². The molecule has 25 heavy (non-hydrogen) atoms. The molecule has 1 aliphatic rings. The predicted octanol–water partition coefficient (Wildman–Crippen LogP) is 1.72. The Balaban J connectivity index is 1.68. The van der Waals surface area contributed by atoms with E-state index >= 15 is 0 Å². The molecule has 0 saturated carbocycles. The number of thiophene rings is 1. The van der Waals surface area contributed by atoms with Gasteiger partial charge in [0, 0.05) is 6.54 Å². The molecule has 2 aromatic heterocycles. The normalized spacial score (nSPS) is 18.2. The van der Waals surface area contributed by atoms with Crippen molar-refractivity contribution < 1.29 is 22.4 Å². The van der Waals surface area contributed by atoms with Crippen LogP contribution < -0.4 is 10.9 Å². The summed E-state index contributed by atoms with van der Waals surface area (Å²) in [5, 5.41) is 0. The second kappa shape index (κ2) is 7.28. The molecule has 1 saturated heterocycles. The Morgan fingerprint density at radius 1 is 1.28 bits per heavy atom. The first-order valence-corrected chi connectivity index (χ1v) is 10.4. The van der Waals surface area contributed by atoms with Crippen molar-refractivity contribution in [1.82, 2.24) is 15.2 Å². The van der Waals surface area contributed by atoms with Crippen LogP contribution in [0.2, 0.25) is 0 Å². The highest BCUT2D eigenvalue weighted by Gasteiger charge is 2.40. The quantitative estimate of drug-likeness (QED) is 0.693. The summed E-state index contributed by atoms with van der Waals surface area (Å²) in [6, 6.07) is 5.26. The molecule has 1 atom stereocenters. The third kappa shape index (κ3) is 3.78. The van der Waals surface area contributed by atoms with Crippen LogP contribution in [0.4, 0.5) is 0 Å². The molecule has 0 spiro atoms. The predicted molar refractivity (Wildman–Crippen MR) is 93.2 cm³/mol. The average Bonchev–Trinajstić information content (AvgIpc) is 3.31. The SMILES string of the molecule is O=C(NNC(=O)[C@H]1CCCN1S(=O)(=O)c1ccc(Br)s1)c1ccco1. The maximum atomic E-state index is 12.7. The largest absolute Gasteiger partial charge is 0.459 e. The van der Waals surface area contributed by atoms with Crippen molar-refractivity contribution in [3.05, 3.63) is 40.1 Å². The number of carbonyl (C=O) groups is 2. The number of hydrazine groups is 1. The Morgan fingerprint density at radius 2 is 2.08 bits per heavy atom. The van der Waals surface area contributed by atoms with E-state index in [-0.39, 0.29) is 16.5 Å². The number of nitrogens with one attached hydrogen (secondary N) is 2. The van der Waals surface area contributed by atoms with Gasteiger partial charge in [-0.1, -0.05) is 0 Å². The van der Waals surface area contributed by atoms with E-state index in [9.17, 15) is 18.0 Å². The van der Waals surface area contributed by atoms with Crippen LogP contribution in [0.15, 0.2) is 42.9 Å². The van der Waals surface area contributed by atoms with E-state index in [1.165, 1.54) is 22.7 Å². The maximum Gasteiger partial charge on any atom is 0.305 e. The molecule has 8 nitrogen and oxygen atoms in total. The fourth-order valence-corrected chi connectivity index (χ4v) is 6.31. The Hall–Kier alpha value is -1.69.